The summed E-state index contributed by atoms with van der Waals surface area (Å²) in [6.45, 7) is 1.48. The lowest BCUT2D eigenvalue weighted by molar-refractivity contribution is 0.101. The molecule has 82 valence electrons. The van der Waals surface area contributed by atoms with Gasteiger partial charge in [-0.25, -0.2) is 0 Å². The van der Waals surface area contributed by atoms with Gasteiger partial charge in [0.15, 0.2) is 5.78 Å². The number of furan rings is 1. The molecule has 4 N–H and O–H groups in total. The van der Waals surface area contributed by atoms with Crippen molar-refractivity contribution >= 4 is 17.2 Å². The summed E-state index contributed by atoms with van der Waals surface area (Å²) < 4.78 is 5.29. The lowest BCUT2D eigenvalue weighted by atomic mass is 10.0. The molecule has 0 amide bonds. The molecule has 4 heteroatoms. The number of ketones is 1. The minimum Gasteiger partial charge on any atom is -0.463 e. The highest BCUT2D eigenvalue weighted by Crippen LogP contribution is 2.31. The molecule has 1 aromatic carbocycles. The number of nitrogen functional groups attached to an aromatic ring is 2. The summed E-state index contributed by atoms with van der Waals surface area (Å²) in [5, 5.41) is 0. The van der Waals surface area contributed by atoms with Gasteiger partial charge in [-0.3, -0.25) is 4.79 Å². The maximum Gasteiger partial charge on any atom is 0.163 e. The fraction of sp³-hybridized carbons (Fsp3) is 0.0833. The molecule has 0 spiro atoms. The molecule has 0 aliphatic heterocycles. The summed E-state index contributed by atoms with van der Waals surface area (Å²) >= 11 is 0. The van der Waals surface area contributed by atoms with Gasteiger partial charge in [-0.15, -0.1) is 0 Å². The molecule has 0 saturated carbocycles. The van der Waals surface area contributed by atoms with E-state index >= 15 is 0 Å². The predicted octanol–water partition coefficient (Wildman–Crippen LogP) is 2.31. The van der Waals surface area contributed by atoms with Crippen molar-refractivity contribution in [1.29, 1.82) is 0 Å². The number of hydrogen-bond acceptors (Lipinski definition) is 4. The number of nitrogens with two attached hydrogens (primary N) is 2. The molecule has 2 rings (SSSR count). The Kier molecular flexibility index (Phi) is 2.40. The zero-order valence-corrected chi connectivity index (χ0v) is 8.86. The molecule has 1 aromatic heterocycles. The maximum atomic E-state index is 11.4. The number of Topliss-reactive ketones (excluding diaryl/α,β-unsaturated/α-hetero) is 1. The number of rotatable bonds is 2. The molecule has 16 heavy (non-hydrogen) atoms. The van der Waals surface area contributed by atoms with E-state index in [1.54, 1.807) is 24.3 Å². The normalized spacial score (nSPS) is 10.3. The molecular weight excluding hydrogens is 204 g/mol. The van der Waals surface area contributed by atoms with E-state index in [2.05, 4.69) is 0 Å². The van der Waals surface area contributed by atoms with Crippen molar-refractivity contribution in [3.05, 3.63) is 36.1 Å². The Hall–Kier alpha value is -2.23. The van der Waals surface area contributed by atoms with Crippen molar-refractivity contribution < 1.29 is 9.21 Å². The van der Waals surface area contributed by atoms with E-state index in [0.717, 1.165) is 0 Å². The fourth-order valence-corrected chi connectivity index (χ4v) is 1.57. The van der Waals surface area contributed by atoms with Gasteiger partial charge in [-0.2, -0.15) is 0 Å². The first-order valence-corrected chi connectivity index (χ1v) is 4.83. The summed E-state index contributed by atoms with van der Waals surface area (Å²) in [5.74, 6) is 0.405. The lowest BCUT2D eigenvalue weighted by Gasteiger charge is -2.05. The van der Waals surface area contributed by atoms with Gasteiger partial charge in [0, 0.05) is 16.9 Å². The summed E-state index contributed by atoms with van der Waals surface area (Å²) in [6.07, 6.45) is 1.47. The molecule has 2 aromatic rings. The largest absolute Gasteiger partial charge is 0.463 e. The summed E-state index contributed by atoms with van der Waals surface area (Å²) in [7, 11) is 0. The zero-order valence-electron chi connectivity index (χ0n) is 8.86. The number of benzene rings is 1. The quantitative estimate of drug-likeness (QED) is 0.596. The molecule has 4 nitrogen and oxygen atoms in total. The van der Waals surface area contributed by atoms with Crippen LogP contribution in [0.1, 0.15) is 17.3 Å². The number of hydrogen-bond donors (Lipinski definition) is 2. The minimum atomic E-state index is -0.0643. The summed E-state index contributed by atoms with van der Waals surface area (Å²) in [4.78, 5) is 11.4. The van der Waals surface area contributed by atoms with E-state index in [-0.39, 0.29) is 5.78 Å². The van der Waals surface area contributed by atoms with Crippen molar-refractivity contribution in [3.63, 3.8) is 0 Å². The standard InChI is InChI=1S/C12H12N2O2/c1-7(15)9-4-5-16-12(9)10-6-8(13)2-3-11(10)14/h2-6H,13-14H2,1H3. The first-order chi connectivity index (χ1) is 7.59. The van der Waals surface area contributed by atoms with E-state index in [0.29, 0.717) is 28.3 Å². The zero-order chi connectivity index (χ0) is 11.7. The van der Waals surface area contributed by atoms with Crippen LogP contribution in [0.3, 0.4) is 0 Å². The van der Waals surface area contributed by atoms with Crippen molar-refractivity contribution in [2.24, 2.45) is 0 Å². The molecule has 0 saturated heterocycles. The average Bonchev–Trinajstić information content (AvgIpc) is 2.70. The van der Waals surface area contributed by atoms with Gasteiger partial charge in [0.1, 0.15) is 5.76 Å². The summed E-state index contributed by atoms with van der Waals surface area (Å²) in [5.41, 5.74) is 13.8. The Bertz CT molecular complexity index is 544. The number of anilines is 2. The molecule has 0 aliphatic rings. The minimum absolute atomic E-state index is 0.0643. The fourth-order valence-electron chi connectivity index (χ4n) is 1.57. The SMILES string of the molecule is CC(=O)c1ccoc1-c1cc(N)ccc1N. The monoisotopic (exact) mass is 216 g/mol. The second kappa shape index (κ2) is 3.73. The van der Waals surface area contributed by atoms with E-state index < -0.39 is 0 Å². The van der Waals surface area contributed by atoms with E-state index in [4.69, 9.17) is 15.9 Å². The Morgan fingerprint density at radius 3 is 2.69 bits per heavy atom. The Labute approximate surface area is 92.9 Å². The third-order valence-electron chi connectivity index (χ3n) is 2.37. The van der Waals surface area contributed by atoms with Crippen LogP contribution in [-0.2, 0) is 0 Å². The van der Waals surface area contributed by atoms with Crippen molar-refractivity contribution in [2.75, 3.05) is 11.5 Å². The van der Waals surface area contributed by atoms with Crippen LogP contribution in [0.15, 0.2) is 34.9 Å². The van der Waals surface area contributed by atoms with E-state index in [9.17, 15) is 4.79 Å². The van der Waals surface area contributed by atoms with Gasteiger partial charge in [-0.1, -0.05) is 0 Å². The molecule has 1 heterocycles. The Morgan fingerprint density at radius 2 is 2.00 bits per heavy atom. The topological polar surface area (TPSA) is 82.2 Å². The maximum absolute atomic E-state index is 11.4. The van der Waals surface area contributed by atoms with Crippen LogP contribution >= 0.6 is 0 Å². The highest BCUT2D eigenvalue weighted by Gasteiger charge is 2.15. The first kappa shape index (κ1) is 10.3. The van der Waals surface area contributed by atoms with Crippen molar-refractivity contribution in [3.8, 4) is 11.3 Å². The first-order valence-electron chi connectivity index (χ1n) is 4.83. The summed E-state index contributed by atoms with van der Waals surface area (Å²) in [6, 6.07) is 6.72. The lowest BCUT2D eigenvalue weighted by Crippen LogP contribution is -1.96. The van der Waals surface area contributed by atoms with Gasteiger partial charge in [0.05, 0.1) is 11.8 Å². The molecule has 0 fully saturated rings. The van der Waals surface area contributed by atoms with Gasteiger partial charge >= 0.3 is 0 Å². The molecular formula is C12H12N2O2. The molecule has 0 unspecified atom stereocenters. The van der Waals surface area contributed by atoms with Crippen LogP contribution in [0, 0.1) is 0 Å². The number of carbonyl (C=O) groups excluding carboxylic acids is 1. The van der Waals surface area contributed by atoms with Crippen LogP contribution in [0.25, 0.3) is 11.3 Å². The molecule has 0 radical (unpaired) electrons. The highest BCUT2D eigenvalue weighted by molar-refractivity contribution is 6.00. The van der Waals surface area contributed by atoms with Gasteiger partial charge in [0.25, 0.3) is 0 Å². The van der Waals surface area contributed by atoms with E-state index in [1.165, 1.54) is 13.2 Å². The molecule has 0 atom stereocenters. The van der Waals surface area contributed by atoms with Gasteiger partial charge in [0.2, 0.25) is 0 Å². The number of carbonyl (C=O) groups is 1. The van der Waals surface area contributed by atoms with Gasteiger partial charge in [-0.05, 0) is 31.2 Å². The van der Waals surface area contributed by atoms with Crippen LogP contribution in [0.4, 0.5) is 11.4 Å². The van der Waals surface area contributed by atoms with E-state index in [1.807, 2.05) is 0 Å². The molecule has 0 aliphatic carbocycles. The second-order valence-corrected chi connectivity index (χ2v) is 3.57. The van der Waals surface area contributed by atoms with Crippen molar-refractivity contribution in [2.45, 2.75) is 6.92 Å². The van der Waals surface area contributed by atoms with Crippen LogP contribution in [0.5, 0.6) is 0 Å². The Morgan fingerprint density at radius 1 is 1.25 bits per heavy atom. The second-order valence-electron chi connectivity index (χ2n) is 3.57. The van der Waals surface area contributed by atoms with Crippen molar-refractivity contribution in [1.82, 2.24) is 0 Å². The average molecular weight is 216 g/mol. The molecule has 0 bridgehead atoms. The Balaban J connectivity index is 2.62. The van der Waals surface area contributed by atoms with Gasteiger partial charge < -0.3 is 15.9 Å². The van der Waals surface area contributed by atoms with Crippen LogP contribution in [-0.4, -0.2) is 5.78 Å². The highest BCUT2D eigenvalue weighted by atomic mass is 16.3. The van der Waals surface area contributed by atoms with Crippen LogP contribution < -0.4 is 11.5 Å². The third-order valence-corrected chi connectivity index (χ3v) is 2.37. The predicted molar refractivity (Wildman–Crippen MR) is 63.0 cm³/mol. The van der Waals surface area contributed by atoms with Crippen LogP contribution in [0.2, 0.25) is 0 Å². The third kappa shape index (κ3) is 1.65. The smallest absolute Gasteiger partial charge is 0.163 e.